The molecule has 1 unspecified atom stereocenters. The van der Waals surface area contributed by atoms with Crippen LogP contribution >= 0.6 is 0 Å². The average molecular weight is 299 g/mol. The summed E-state index contributed by atoms with van der Waals surface area (Å²) in [4.78, 5) is 14.8. The number of amides is 1. The highest BCUT2D eigenvalue weighted by atomic mass is 19.1. The molecule has 0 spiro atoms. The summed E-state index contributed by atoms with van der Waals surface area (Å²) in [6.07, 6.45) is 6.46. The van der Waals surface area contributed by atoms with Gasteiger partial charge in [0, 0.05) is 18.9 Å². The molecule has 1 saturated carbocycles. The van der Waals surface area contributed by atoms with E-state index in [2.05, 4.69) is 5.10 Å². The second-order valence-corrected chi connectivity index (χ2v) is 6.34. The number of hydrogen-bond donors (Lipinski definition) is 0. The van der Waals surface area contributed by atoms with E-state index in [1.54, 1.807) is 18.3 Å². The van der Waals surface area contributed by atoms with Gasteiger partial charge in [0.25, 0.3) is 0 Å². The zero-order valence-corrected chi connectivity index (χ0v) is 12.3. The van der Waals surface area contributed by atoms with Gasteiger partial charge in [-0.3, -0.25) is 9.48 Å². The average Bonchev–Trinajstić information content (AvgIpc) is 3.07. The topological polar surface area (TPSA) is 38.1 Å². The summed E-state index contributed by atoms with van der Waals surface area (Å²) < 4.78 is 14.9. The highest BCUT2D eigenvalue weighted by molar-refractivity contribution is 5.86. The quantitative estimate of drug-likeness (QED) is 0.870. The first-order chi connectivity index (χ1) is 10.7. The van der Waals surface area contributed by atoms with Crippen LogP contribution in [-0.2, 0) is 11.3 Å². The molecule has 0 bridgehead atoms. The molecule has 1 amide bonds. The summed E-state index contributed by atoms with van der Waals surface area (Å²) in [6.45, 7) is 1.45. The van der Waals surface area contributed by atoms with Gasteiger partial charge < -0.3 is 4.90 Å². The molecular formula is C17H18FN3O. The van der Waals surface area contributed by atoms with Crippen LogP contribution in [-0.4, -0.2) is 27.1 Å². The number of benzene rings is 1. The van der Waals surface area contributed by atoms with Crippen molar-refractivity contribution in [3.63, 3.8) is 0 Å². The lowest BCUT2D eigenvalue weighted by Crippen LogP contribution is -2.49. The lowest BCUT2D eigenvalue weighted by atomic mass is 9.91. The van der Waals surface area contributed by atoms with E-state index in [4.69, 9.17) is 0 Å². The first-order valence-corrected chi connectivity index (χ1v) is 7.72. The van der Waals surface area contributed by atoms with Gasteiger partial charge in [-0.05, 0) is 43.0 Å². The van der Waals surface area contributed by atoms with E-state index in [1.807, 2.05) is 21.8 Å². The van der Waals surface area contributed by atoms with Gasteiger partial charge in [0.15, 0.2) is 0 Å². The minimum atomic E-state index is -0.273. The van der Waals surface area contributed by atoms with Crippen molar-refractivity contribution < 1.29 is 9.18 Å². The van der Waals surface area contributed by atoms with E-state index in [1.165, 1.54) is 12.1 Å². The minimum absolute atomic E-state index is 0.100. The Morgan fingerprint density at radius 2 is 2.09 bits per heavy atom. The summed E-state index contributed by atoms with van der Waals surface area (Å²) in [5.74, 6) is -0.0122. The molecule has 2 fully saturated rings. The molecule has 1 aromatic carbocycles. The minimum Gasteiger partial charge on any atom is -0.335 e. The van der Waals surface area contributed by atoms with Crippen LogP contribution < -0.4 is 0 Å². The Morgan fingerprint density at radius 3 is 2.64 bits per heavy atom. The molecule has 22 heavy (non-hydrogen) atoms. The molecular weight excluding hydrogens is 281 g/mol. The van der Waals surface area contributed by atoms with Crippen LogP contribution in [0.15, 0.2) is 42.7 Å². The van der Waals surface area contributed by atoms with Crippen LogP contribution in [0.5, 0.6) is 0 Å². The van der Waals surface area contributed by atoms with E-state index in [0.29, 0.717) is 6.54 Å². The predicted octanol–water partition coefficient (Wildman–Crippen LogP) is 2.78. The Kier molecular flexibility index (Phi) is 3.03. The third-order valence-corrected chi connectivity index (χ3v) is 4.87. The van der Waals surface area contributed by atoms with E-state index < -0.39 is 0 Å². The monoisotopic (exact) mass is 299 g/mol. The maximum Gasteiger partial charge on any atom is 0.231 e. The van der Waals surface area contributed by atoms with Crippen molar-refractivity contribution in [2.24, 2.45) is 5.41 Å². The van der Waals surface area contributed by atoms with Gasteiger partial charge in [-0.25, -0.2) is 4.39 Å². The van der Waals surface area contributed by atoms with Gasteiger partial charge in [0.2, 0.25) is 5.91 Å². The lowest BCUT2D eigenvalue weighted by Gasteiger charge is -2.43. The summed E-state index contributed by atoms with van der Waals surface area (Å²) in [6, 6.07) is 8.48. The van der Waals surface area contributed by atoms with Crippen LogP contribution in [0.4, 0.5) is 4.39 Å². The largest absolute Gasteiger partial charge is 0.335 e. The molecule has 114 valence electrons. The maximum absolute atomic E-state index is 13.0. The summed E-state index contributed by atoms with van der Waals surface area (Å²) >= 11 is 0. The van der Waals surface area contributed by atoms with E-state index in [9.17, 15) is 9.18 Å². The van der Waals surface area contributed by atoms with Crippen molar-refractivity contribution in [1.82, 2.24) is 14.7 Å². The number of carbonyl (C=O) groups is 1. The molecule has 0 N–H and O–H groups in total. The Bertz CT molecular complexity index is 676. The Morgan fingerprint density at radius 1 is 1.32 bits per heavy atom. The molecule has 1 aromatic heterocycles. The molecule has 4 rings (SSSR count). The van der Waals surface area contributed by atoms with Gasteiger partial charge in [-0.15, -0.1) is 0 Å². The van der Waals surface area contributed by atoms with Crippen molar-refractivity contribution >= 4 is 5.91 Å². The van der Waals surface area contributed by atoms with Crippen LogP contribution in [0.25, 0.3) is 0 Å². The summed E-state index contributed by atoms with van der Waals surface area (Å²) in [7, 11) is 0. The van der Waals surface area contributed by atoms with Crippen molar-refractivity contribution in [3.05, 3.63) is 54.1 Å². The zero-order valence-electron chi connectivity index (χ0n) is 12.3. The SMILES string of the molecule is O=C(N1CCC1c1ccc(F)cc1)C1(Cn2cccn2)CC1. The highest BCUT2D eigenvalue weighted by Gasteiger charge is 2.54. The van der Waals surface area contributed by atoms with Crippen LogP contribution in [0, 0.1) is 11.2 Å². The number of halogens is 1. The normalized spacial score (nSPS) is 22.2. The van der Waals surface area contributed by atoms with Crippen LogP contribution in [0.1, 0.15) is 30.9 Å². The molecule has 2 aliphatic rings. The fourth-order valence-corrected chi connectivity index (χ4v) is 3.26. The maximum atomic E-state index is 13.0. The summed E-state index contributed by atoms with van der Waals surface area (Å²) in [5.41, 5.74) is 0.751. The molecule has 4 nitrogen and oxygen atoms in total. The van der Waals surface area contributed by atoms with Gasteiger partial charge in [-0.1, -0.05) is 12.1 Å². The molecule has 1 saturated heterocycles. The molecule has 1 aliphatic heterocycles. The van der Waals surface area contributed by atoms with Crippen molar-refractivity contribution in [3.8, 4) is 0 Å². The first kappa shape index (κ1) is 13.5. The number of likely N-dealkylation sites (tertiary alicyclic amines) is 1. The number of aromatic nitrogens is 2. The third-order valence-electron chi connectivity index (χ3n) is 4.87. The van der Waals surface area contributed by atoms with Crippen LogP contribution in [0.3, 0.4) is 0 Å². The standard InChI is InChI=1S/C17H18FN3O/c18-14-4-2-13(3-5-14)15-6-11-21(15)16(22)17(7-8-17)12-20-10-1-9-19-20/h1-5,9-10,15H,6-8,11-12H2. The highest BCUT2D eigenvalue weighted by Crippen LogP contribution is 2.51. The lowest BCUT2D eigenvalue weighted by molar-refractivity contribution is -0.146. The van der Waals surface area contributed by atoms with E-state index in [0.717, 1.165) is 31.4 Å². The van der Waals surface area contributed by atoms with Gasteiger partial charge >= 0.3 is 0 Å². The smallest absolute Gasteiger partial charge is 0.231 e. The van der Waals surface area contributed by atoms with Crippen molar-refractivity contribution in [2.45, 2.75) is 31.8 Å². The third kappa shape index (κ3) is 2.21. The fraction of sp³-hybridized carbons (Fsp3) is 0.412. The Balaban J connectivity index is 1.50. The van der Waals surface area contributed by atoms with Crippen molar-refractivity contribution in [2.75, 3.05) is 6.54 Å². The molecule has 5 heteroatoms. The second kappa shape index (κ2) is 4.93. The van der Waals surface area contributed by atoms with E-state index >= 15 is 0 Å². The number of nitrogens with zero attached hydrogens (tertiary/aromatic N) is 3. The molecule has 2 aromatic rings. The number of hydrogen-bond acceptors (Lipinski definition) is 2. The second-order valence-electron chi connectivity index (χ2n) is 6.34. The molecule has 1 atom stereocenters. The Hall–Kier alpha value is -2.17. The van der Waals surface area contributed by atoms with E-state index in [-0.39, 0.29) is 23.2 Å². The van der Waals surface area contributed by atoms with Crippen molar-refractivity contribution in [1.29, 1.82) is 0 Å². The zero-order chi connectivity index (χ0) is 15.2. The van der Waals surface area contributed by atoms with Gasteiger partial charge in [0.1, 0.15) is 5.82 Å². The molecule has 1 aliphatic carbocycles. The Labute approximate surface area is 128 Å². The van der Waals surface area contributed by atoms with Gasteiger partial charge in [-0.2, -0.15) is 5.10 Å². The van der Waals surface area contributed by atoms with Gasteiger partial charge in [0.05, 0.1) is 18.0 Å². The van der Waals surface area contributed by atoms with Crippen LogP contribution in [0.2, 0.25) is 0 Å². The number of rotatable bonds is 4. The molecule has 2 heterocycles. The molecule has 0 radical (unpaired) electrons. The first-order valence-electron chi connectivity index (χ1n) is 7.72. The fourth-order valence-electron chi connectivity index (χ4n) is 3.26. The summed E-state index contributed by atoms with van der Waals surface area (Å²) in [5, 5.41) is 4.22. The predicted molar refractivity (Wildman–Crippen MR) is 79.4 cm³/mol. The number of carbonyl (C=O) groups excluding carboxylic acids is 1.